The Morgan fingerprint density at radius 2 is 2.36 bits per heavy atom. The van der Waals surface area contributed by atoms with Crippen LogP contribution in [0.25, 0.3) is 0 Å². The van der Waals surface area contributed by atoms with Gasteiger partial charge in [-0.15, -0.1) is 5.10 Å². The van der Waals surface area contributed by atoms with Crippen molar-refractivity contribution in [2.75, 3.05) is 5.32 Å². The van der Waals surface area contributed by atoms with Gasteiger partial charge in [0, 0.05) is 11.5 Å². The molecule has 0 bridgehead atoms. The standard InChI is InChI=1S/C9H11N3OS/c1-6-3-4-8(13-6)7(2)11-9-5-10-12-14-9/h3-5,7,11H,1-2H3. The summed E-state index contributed by atoms with van der Waals surface area (Å²) in [4.78, 5) is 0. The van der Waals surface area contributed by atoms with Gasteiger partial charge in [0.15, 0.2) is 0 Å². The van der Waals surface area contributed by atoms with Gasteiger partial charge in [0.1, 0.15) is 16.5 Å². The topological polar surface area (TPSA) is 51.0 Å². The van der Waals surface area contributed by atoms with Gasteiger partial charge in [0.25, 0.3) is 0 Å². The molecule has 2 rings (SSSR count). The average molecular weight is 209 g/mol. The molecule has 14 heavy (non-hydrogen) atoms. The summed E-state index contributed by atoms with van der Waals surface area (Å²) in [5, 5.41) is 7.95. The monoisotopic (exact) mass is 209 g/mol. The predicted octanol–water partition coefficient (Wildman–Crippen LogP) is 2.61. The van der Waals surface area contributed by atoms with E-state index in [1.54, 1.807) is 6.20 Å². The van der Waals surface area contributed by atoms with E-state index in [2.05, 4.69) is 14.9 Å². The van der Waals surface area contributed by atoms with Crippen LogP contribution in [0.3, 0.4) is 0 Å². The molecule has 0 aromatic carbocycles. The largest absolute Gasteiger partial charge is 0.464 e. The molecule has 0 aliphatic heterocycles. The number of rotatable bonds is 3. The zero-order valence-corrected chi connectivity index (χ0v) is 8.84. The van der Waals surface area contributed by atoms with Crippen LogP contribution in [0.1, 0.15) is 24.5 Å². The molecule has 0 saturated carbocycles. The number of nitrogens with zero attached hydrogens (tertiary/aromatic N) is 2. The minimum Gasteiger partial charge on any atom is -0.464 e. The molecule has 1 atom stereocenters. The van der Waals surface area contributed by atoms with E-state index in [0.717, 1.165) is 16.5 Å². The fraction of sp³-hybridized carbons (Fsp3) is 0.333. The van der Waals surface area contributed by atoms with Crippen LogP contribution in [0.15, 0.2) is 22.7 Å². The Labute approximate surface area is 86.1 Å². The maximum absolute atomic E-state index is 5.50. The molecule has 2 aromatic heterocycles. The SMILES string of the molecule is Cc1ccc(C(C)Nc2cnns2)o1. The molecule has 0 aliphatic rings. The third kappa shape index (κ3) is 1.93. The molecule has 74 valence electrons. The van der Waals surface area contributed by atoms with Gasteiger partial charge >= 0.3 is 0 Å². The van der Waals surface area contributed by atoms with Crippen molar-refractivity contribution in [1.29, 1.82) is 0 Å². The van der Waals surface area contributed by atoms with Crippen molar-refractivity contribution in [2.45, 2.75) is 19.9 Å². The first-order valence-corrected chi connectivity index (χ1v) is 5.13. The summed E-state index contributed by atoms with van der Waals surface area (Å²) in [6.07, 6.45) is 1.71. The van der Waals surface area contributed by atoms with Crippen molar-refractivity contribution < 1.29 is 4.42 Å². The van der Waals surface area contributed by atoms with Crippen LogP contribution < -0.4 is 5.32 Å². The Morgan fingerprint density at radius 1 is 1.50 bits per heavy atom. The molecular formula is C9H11N3OS. The second-order valence-electron chi connectivity index (χ2n) is 3.10. The summed E-state index contributed by atoms with van der Waals surface area (Å²) in [5.74, 6) is 1.85. The lowest BCUT2D eigenvalue weighted by Crippen LogP contribution is -2.03. The van der Waals surface area contributed by atoms with Crippen molar-refractivity contribution >= 4 is 16.5 Å². The van der Waals surface area contributed by atoms with Gasteiger partial charge in [0.05, 0.1) is 12.2 Å². The van der Waals surface area contributed by atoms with Crippen LogP contribution >= 0.6 is 11.5 Å². The quantitative estimate of drug-likeness (QED) is 0.844. The van der Waals surface area contributed by atoms with E-state index in [0.29, 0.717) is 0 Å². The van der Waals surface area contributed by atoms with Gasteiger partial charge in [-0.1, -0.05) is 4.49 Å². The van der Waals surface area contributed by atoms with E-state index in [1.165, 1.54) is 11.5 Å². The predicted molar refractivity (Wildman–Crippen MR) is 55.4 cm³/mol. The molecule has 0 amide bonds. The van der Waals surface area contributed by atoms with E-state index in [9.17, 15) is 0 Å². The zero-order chi connectivity index (χ0) is 9.97. The highest BCUT2D eigenvalue weighted by molar-refractivity contribution is 7.09. The van der Waals surface area contributed by atoms with Crippen LogP contribution in [-0.2, 0) is 0 Å². The molecule has 0 aliphatic carbocycles. The summed E-state index contributed by atoms with van der Waals surface area (Å²) < 4.78 is 9.27. The molecule has 1 N–H and O–H groups in total. The highest BCUT2D eigenvalue weighted by Gasteiger charge is 2.09. The first kappa shape index (κ1) is 9.21. The van der Waals surface area contributed by atoms with Crippen LogP contribution in [0.5, 0.6) is 0 Å². The third-order valence-corrected chi connectivity index (χ3v) is 2.50. The first-order valence-electron chi connectivity index (χ1n) is 4.36. The molecule has 5 heteroatoms. The molecule has 0 fully saturated rings. The van der Waals surface area contributed by atoms with Gasteiger partial charge < -0.3 is 9.73 Å². The zero-order valence-electron chi connectivity index (χ0n) is 8.02. The maximum Gasteiger partial charge on any atom is 0.130 e. The summed E-state index contributed by atoms with van der Waals surface area (Å²) in [6.45, 7) is 3.97. The minimum atomic E-state index is 0.144. The fourth-order valence-corrected chi connectivity index (χ4v) is 1.71. The van der Waals surface area contributed by atoms with Gasteiger partial charge in [-0.25, -0.2) is 0 Å². The van der Waals surface area contributed by atoms with E-state index < -0.39 is 0 Å². The molecule has 0 spiro atoms. The van der Waals surface area contributed by atoms with Crippen molar-refractivity contribution in [3.8, 4) is 0 Å². The highest BCUT2D eigenvalue weighted by Crippen LogP contribution is 2.21. The van der Waals surface area contributed by atoms with Gasteiger partial charge in [-0.3, -0.25) is 0 Å². The average Bonchev–Trinajstić information content (AvgIpc) is 2.75. The lowest BCUT2D eigenvalue weighted by molar-refractivity contribution is 0.467. The van der Waals surface area contributed by atoms with Gasteiger partial charge in [0.2, 0.25) is 0 Å². The van der Waals surface area contributed by atoms with E-state index >= 15 is 0 Å². The summed E-state index contributed by atoms with van der Waals surface area (Å²) in [6, 6.07) is 4.07. The molecule has 2 heterocycles. The molecule has 2 aromatic rings. The van der Waals surface area contributed by atoms with Gasteiger partial charge in [-0.2, -0.15) is 0 Å². The molecule has 0 saturated heterocycles. The molecule has 1 unspecified atom stereocenters. The minimum absolute atomic E-state index is 0.144. The van der Waals surface area contributed by atoms with Crippen molar-refractivity contribution in [3.63, 3.8) is 0 Å². The number of aryl methyl sites for hydroxylation is 1. The Balaban J connectivity index is 2.06. The lowest BCUT2D eigenvalue weighted by Gasteiger charge is -2.09. The second kappa shape index (κ2) is 3.79. The normalized spacial score (nSPS) is 12.7. The Kier molecular flexibility index (Phi) is 2.49. The summed E-state index contributed by atoms with van der Waals surface area (Å²) >= 11 is 1.34. The second-order valence-corrected chi connectivity index (χ2v) is 3.88. The van der Waals surface area contributed by atoms with E-state index in [1.807, 2.05) is 26.0 Å². The van der Waals surface area contributed by atoms with Crippen LogP contribution in [-0.4, -0.2) is 9.59 Å². The van der Waals surface area contributed by atoms with Crippen molar-refractivity contribution in [2.24, 2.45) is 0 Å². The molecular weight excluding hydrogens is 198 g/mol. The van der Waals surface area contributed by atoms with Crippen LogP contribution in [0, 0.1) is 6.92 Å². The van der Waals surface area contributed by atoms with Crippen molar-refractivity contribution in [3.05, 3.63) is 29.9 Å². The van der Waals surface area contributed by atoms with E-state index in [4.69, 9.17) is 4.42 Å². The van der Waals surface area contributed by atoms with Gasteiger partial charge in [-0.05, 0) is 26.0 Å². The lowest BCUT2D eigenvalue weighted by atomic mass is 10.2. The Bertz CT molecular complexity index is 396. The number of nitrogens with one attached hydrogen (secondary N) is 1. The van der Waals surface area contributed by atoms with Crippen LogP contribution in [0.4, 0.5) is 5.00 Å². The number of furan rings is 1. The summed E-state index contributed by atoms with van der Waals surface area (Å²) in [5.41, 5.74) is 0. The fourth-order valence-electron chi connectivity index (χ4n) is 1.20. The number of hydrogen-bond acceptors (Lipinski definition) is 5. The number of aromatic nitrogens is 2. The van der Waals surface area contributed by atoms with E-state index in [-0.39, 0.29) is 6.04 Å². The summed E-state index contributed by atoms with van der Waals surface area (Å²) in [7, 11) is 0. The molecule has 4 nitrogen and oxygen atoms in total. The maximum atomic E-state index is 5.50. The third-order valence-electron chi connectivity index (χ3n) is 1.91. The first-order chi connectivity index (χ1) is 6.75. The van der Waals surface area contributed by atoms with Crippen LogP contribution in [0.2, 0.25) is 0 Å². The highest BCUT2D eigenvalue weighted by atomic mass is 32.1. The molecule has 0 radical (unpaired) electrons. The smallest absolute Gasteiger partial charge is 0.130 e. The van der Waals surface area contributed by atoms with Crippen molar-refractivity contribution in [1.82, 2.24) is 9.59 Å². The number of anilines is 1. The Morgan fingerprint density at radius 3 is 2.93 bits per heavy atom. The number of hydrogen-bond donors (Lipinski definition) is 1. The Hall–Kier alpha value is -1.36.